The van der Waals surface area contributed by atoms with Crippen LogP contribution >= 0.6 is 0 Å². The molecule has 0 aromatic carbocycles. The molecule has 118 valence electrons. The van der Waals surface area contributed by atoms with Crippen molar-refractivity contribution in [3.8, 4) is 0 Å². The molecule has 0 unspecified atom stereocenters. The highest BCUT2D eigenvalue weighted by molar-refractivity contribution is 7.86. The molecule has 0 saturated carbocycles. The lowest BCUT2D eigenvalue weighted by molar-refractivity contribution is 0.263. The summed E-state index contributed by atoms with van der Waals surface area (Å²) in [7, 11) is -1.40. The molecule has 1 atom stereocenters. The first-order chi connectivity index (χ1) is 10.1. The molecule has 1 aromatic heterocycles. The number of aryl methyl sites for hydroxylation is 1. The summed E-state index contributed by atoms with van der Waals surface area (Å²) in [6.45, 7) is 2.46. The monoisotopic (exact) mass is 313 g/mol. The minimum Gasteiger partial charge on any atom is -0.320 e. The summed E-state index contributed by atoms with van der Waals surface area (Å²) in [6, 6.07) is 0. The van der Waals surface area contributed by atoms with Crippen LogP contribution in [0.4, 0.5) is 0 Å². The highest BCUT2D eigenvalue weighted by atomic mass is 32.2. The maximum Gasteiger partial charge on any atom is 0.281 e. The average molecular weight is 313 g/mol. The third-order valence-electron chi connectivity index (χ3n) is 4.46. The van der Waals surface area contributed by atoms with E-state index in [9.17, 15) is 8.42 Å². The van der Waals surface area contributed by atoms with Crippen LogP contribution in [0.15, 0.2) is 6.33 Å². The van der Waals surface area contributed by atoms with Crippen molar-refractivity contribution in [2.75, 3.05) is 26.2 Å². The Kier molecular flexibility index (Phi) is 4.28. The van der Waals surface area contributed by atoms with E-state index in [0.29, 0.717) is 26.2 Å². The van der Waals surface area contributed by atoms with Crippen molar-refractivity contribution in [1.82, 2.24) is 23.4 Å². The van der Waals surface area contributed by atoms with Gasteiger partial charge >= 0.3 is 0 Å². The van der Waals surface area contributed by atoms with E-state index < -0.39 is 10.2 Å². The largest absolute Gasteiger partial charge is 0.320 e. The zero-order chi connectivity index (χ0) is 14.9. The van der Waals surface area contributed by atoms with Gasteiger partial charge in [0.1, 0.15) is 12.2 Å². The molecular formula is C13H23N5O2S. The van der Waals surface area contributed by atoms with E-state index in [1.807, 2.05) is 11.6 Å². The first-order valence-electron chi connectivity index (χ1n) is 7.68. The van der Waals surface area contributed by atoms with Crippen LogP contribution in [0.3, 0.4) is 0 Å². The summed E-state index contributed by atoms with van der Waals surface area (Å²) in [5, 5.41) is 8.05. The van der Waals surface area contributed by atoms with Gasteiger partial charge in [-0.3, -0.25) is 0 Å². The number of hydrogen-bond acceptors (Lipinski definition) is 4. The van der Waals surface area contributed by atoms with E-state index in [4.69, 9.17) is 0 Å². The van der Waals surface area contributed by atoms with Crippen LogP contribution in [0.5, 0.6) is 0 Å². The molecule has 0 amide bonds. The minimum absolute atomic E-state index is 0.144. The maximum absolute atomic E-state index is 12.7. The Morgan fingerprint density at radius 3 is 2.48 bits per heavy atom. The molecule has 3 rings (SSSR count). The molecule has 21 heavy (non-hydrogen) atoms. The van der Waals surface area contributed by atoms with Gasteiger partial charge in [-0.05, 0) is 25.7 Å². The molecule has 7 nitrogen and oxygen atoms in total. The molecule has 2 saturated heterocycles. The standard InChI is InChI=1S/C13H23N5O2S/c1-16-11-14-15-13(16)12-6-5-9-18(10-12)21(19,20)17-7-3-2-4-8-17/h11-12H,2-10H2,1H3/t12-/m0/s1. The Balaban J connectivity index is 1.75. The van der Waals surface area contributed by atoms with Crippen molar-refractivity contribution in [3.63, 3.8) is 0 Å². The predicted octanol–water partition coefficient (Wildman–Crippen LogP) is 0.725. The molecule has 3 heterocycles. The molecular weight excluding hydrogens is 290 g/mol. The van der Waals surface area contributed by atoms with Crippen LogP contribution in [-0.2, 0) is 17.3 Å². The quantitative estimate of drug-likeness (QED) is 0.824. The molecule has 0 bridgehead atoms. The van der Waals surface area contributed by atoms with Crippen molar-refractivity contribution in [2.45, 2.75) is 38.0 Å². The summed E-state index contributed by atoms with van der Waals surface area (Å²) < 4.78 is 30.7. The lowest BCUT2D eigenvalue weighted by atomic mass is 9.99. The summed E-state index contributed by atoms with van der Waals surface area (Å²) in [5.74, 6) is 1.03. The van der Waals surface area contributed by atoms with E-state index >= 15 is 0 Å². The number of aromatic nitrogens is 3. The van der Waals surface area contributed by atoms with Crippen molar-refractivity contribution >= 4 is 10.2 Å². The molecule has 2 aliphatic heterocycles. The predicted molar refractivity (Wildman–Crippen MR) is 78.9 cm³/mol. The Morgan fingerprint density at radius 1 is 1.10 bits per heavy atom. The number of nitrogens with zero attached hydrogens (tertiary/aromatic N) is 5. The van der Waals surface area contributed by atoms with Crippen LogP contribution < -0.4 is 0 Å². The third-order valence-corrected chi connectivity index (χ3v) is 6.47. The van der Waals surface area contributed by atoms with Crippen LogP contribution in [0.2, 0.25) is 0 Å². The van der Waals surface area contributed by atoms with E-state index in [2.05, 4.69) is 10.2 Å². The van der Waals surface area contributed by atoms with Gasteiger partial charge in [0.2, 0.25) is 0 Å². The normalized spacial score (nSPS) is 26.0. The molecule has 1 aromatic rings. The van der Waals surface area contributed by atoms with Crippen molar-refractivity contribution in [3.05, 3.63) is 12.2 Å². The second-order valence-corrected chi connectivity index (χ2v) is 7.89. The molecule has 0 aliphatic carbocycles. The van der Waals surface area contributed by atoms with Crippen LogP contribution in [0, 0.1) is 0 Å². The summed E-state index contributed by atoms with van der Waals surface area (Å²) in [4.78, 5) is 0. The SMILES string of the molecule is Cn1cnnc1[C@H]1CCCN(S(=O)(=O)N2CCCCC2)C1. The fraction of sp³-hybridized carbons (Fsp3) is 0.846. The molecule has 2 fully saturated rings. The molecule has 0 radical (unpaired) electrons. The highest BCUT2D eigenvalue weighted by Gasteiger charge is 2.35. The Bertz CT molecular complexity index is 579. The molecule has 2 aliphatic rings. The van der Waals surface area contributed by atoms with Crippen LogP contribution in [0.25, 0.3) is 0 Å². The summed E-state index contributed by atoms with van der Waals surface area (Å²) in [5.41, 5.74) is 0. The van der Waals surface area contributed by atoms with Gasteiger partial charge in [0.05, 0.1) is 0 Å². The Labute approximate surface area is 126 Å². The van der Waals surface area contributed by atoms with Gasteiger partial charge in [-0.25, -0.2) is 0 Å². The van der Waals surface area contributed by atoms with Crippen molar-refractivity contribution in [2.24, 2.45) is 7.05 Å². The lowest BCUT2D eigenvalue weighted by Crippen LogP contribution is -2.49. The first-order valence-corrected chi connectivity index (χ1v) is 9.08. The summed E-state index contributed by atoms with van der Waals surface area (Å²) in [6.07, 6.45) is 6.60. The summed E-state index contributed by atoms with van der Waals surface area (Å²) >= 11 is 0. The fourth-order valence-electron chi connectivity index (χ4n) is 3.28. The first kappa shape index (κ1) is 14.9. The van der Waals surface area contributed by atoms with E-state index in [0.717, 1.165) is 37.9 Å². The maximum atomic E-state index is 12.7. The van der Waals surface area contributed by atoms with Crippen LogP contribution in [0.1, 0.15) is 43.8 Å². The van der Waals surface area contributed by atoms with E-state index in [1.54, 1.807) is 14.9 Å². The van der Waals surface area contributed by atoms with Gasteiger partial charge in [-0.1, -0.05) is 6.42 Å². The Morgan fingerprint density at radius 2 is 1.81 bits per heavy atom. The third kappa shape index (κ3) is 2.97. The minimum atomic E-state index is -3.31. The zero-order valence-corrected chi connectivity index (χ0v) is 13.3. The molecule has 0 N–H and O–H groups in total. The lowest BCUT2D eigenvalue weighted by Gasteiger charge is -2.36. The van der Waals surface area contributed by atoms with Gasteiger partial charge < -0.3 is 4.57 Å². The van der Waals surface area contributed by atoms with Crippen molar-refractivity contribution < 1.29 is 8.42 Å². The fourth-order valence-corrected chi connectivity index (χ4v) is 5.06. The molecule has 0 spiro atoms. The molecule has 8 heteroatoms. The second kappa shape index (κ2) is 6.02. The van der Waals surface area contributed by atoms with Gasteiger partial charge in [0.25, 0.3) is 10.2 Å². The smallest absolute Gasteiger partial charge is 0.281 e. The van der Waals surface area contributed by atoms with Gasteiger partial charge in [0.15, 0.2) is 0 Å². The highest BCUT2D eigenvalue weighted by Crippen LogP contribution is 2.28. The van der Waals surface area contributed by atoms with E-state index in [-0.39, 0.29) is 5.92 Å². The van der Waals surface area contributed by atoms with Gasteiger partial charge in [-0.15, -0.1) is 10.2 Å². The van der Waals surface area contributed by atoms with E-state index in [1.165, 1.54) is 0 Å². The van der Waals surface area contributed by atoms with Crippen molar-refractivity contribution in [1.29, 1.82) is 0 Å². The topological polar surface area (TPSA) is 71.3 Å². The number of hydrogen-bond donors (Lipinski definition) is 0. The number of piperidine rings is 2. The zero-order valence-electron chi connectivity index (χ0n) is 12.5. The average Bonchev–Trinajstić information content (AvgIpc) is 2.94. The Hall–Kier alpha value is -0.990. The van der Waals surface area contributed by atoms with Crippen LogP contribution in [-0.4, -0.2) is 58.0 Å². The van der Waals surface area contributed by atoms with Gasteiger partial charge in [0, 0.05) is 39.1 Å². The number of rotatable bonds is 3. The van der Waals surface area contributed by atoms with Gasteiger partial charge in [-0.2, -0.15) is 17.0 Å². The second-order valence-electron chi connectivity index (χ2n) is 5.96.